The fourth-order valence-electron chi connectivity index (χ4n) is 3.80. The molecule has 0 N–H and O–H groups in total. The van der Waals surface area contributed by atoms with Crippen LogP contribution in [0.2, 0.25) is 0 Å². The molecule has 0 saturated carbocycles. The van der Waals surface area contributed by atoms with Gasteiger partial charge in [0, 0.05) is 6.04 Å². The average molecular weight is 331 g/mol. The van der Waals surface area contributed by atoms with Crippen LogP contribution in [0, 0.1) is 25.7 Å². The molecule has 0 bridgehead atoms. The maximum absolute atomic E-state index is 13.1. The summed E-state index contributed by atoms with van der Waals surface area (Å²) < 4.78 is 5.24. The Kier molecular flexibility index (Phi) is 5.68. The quantitative estimate of drug-likeness (QED) is 0.796. The summed E-state index contributed by atoms with van der Waals surface area (Å²) >= 11 is 0. The van der Waals surface area contributed by atoms with Gasteiger partial charge in [0.25, 0.3) is 0 Å². The van der Waals surface area contributed by atoms with Crippen LogP contribution in [0.4, 0.5) is 0 Å². The van der Waals surface area contributed by atoms with E-state index in [-0.39, 0.29) is 29.8 Å². The lowest BCUT2D eigenvalue weighted by molar-refractivity contribution is -0.155. The summed E-state index contributed by atoms with van der Waals surface area (Å²) in [5.74, 6) is 0.0903. The summed E-state index contributed by atoms with van der Waals surface area (Å²) in [6.07, 6.45) is 0.332. The molecule has 1 heterocycles. The summed E-state index contributed by atoms with van der Waals surface area (Å²) in [5, 5.41) is 0. The SMILES string of the molecule is CCOC(=O)C1C(C)C(C)C(C)N1C(=O)Cc1c(C)cccc1C. The summed E-state index contributed by atoms with van der Waals surface area (Å²) in [7, 11) is 0. The number of esters is 1. The van der Waals surface area contributed by atoms with Crippen molar-refractivity contribution in [1.82, 2.24) is 4.90 Å². The molecule has 0 spiro atoms. The lowest BCUT2D eigenvalue weighted by Crippen LogP contribution is -2.47. The molecule has 1 saturated heterocycles. The number of aryl methyl sites for hydroxylation is 2. The van der Waals surface area contributed by atoms with Gasteiger partial charge in [-0.1, -0.05) is 32.0 Å². The Morgan fingerprint density at radius 1 is 1.08 bits per heavy atom. The van der Waals surface area contributed by atoms with Crippen LogP contribution in [0.25, 0.3) is 0 Å². The zero-order valence-corrected chi connectivity index (χ0v) is 15.6. The number of ether oxygens (including phenoxy) is 1. The van der Waals surface area contributed by atoms with Gasteiger partial charge in [0.2, 0.25) is 5.91 Å². The predicted molar refractivity (Wildman–Crippen MR) is 94.7 cm³/mol. The maximum Gasteiger partial charge on any atom is 0.329 e. The first-order valence-corrected chi connectivity index (χ1v) is 8.82. The fourth-order valence-corrected chi connectivity index (χ4v) is 3.80. The Bertz CT molecular complexity index is 605. The molecular weight excluding hydrogens is 302 g/mol. The molecule has 2 rings (SSSR count). The molecule has 1 aliphatic rings. The van der Waals surface area contributed by atoms with Crippen LogP contribution < -0.4 is 0 Å². The van der Waals surface area contributed by atoms with Crippen LogP contribution in [-0.2, 0) is 20.7 Å². The number of nitrogens with zero attached hydrogens (tertiary/aromatic N) is 1. The van der Waals surface area contributed by atoms with E-state index in [2.05, 4.69) is 6.92 Å². The monoisotopic (exact) mass is 331 g/mol. The van der Waals surface area contributed by atoms with Crippen molar-refractivity contribution in [2.45, 2.75) is 60.0 Å². The van der Waals surface area contributed by atoms with Gasteiger partial charge < -0.3 is 9.64 Å². The number of benzene rings is 1. The molecule has 0 radical (unpaired) electrons. The summed E-state index contributed by atoms with van der Waals surface area (Å²) in [6, 6.07) is 5.61. The molecule has 24 heavy (non-hydrogen) atoms. The van der Waals surface area contributed by atoms with Gasteiger partial charge >= 0.3 is 5.97 Å². The average Bonchev–Trinajstić information content (AvgIpc) is 2.75. The van der Waals surface area contributed by atoms with Crippen molar-refractivity contribution in [3.8, 4) is 0 Å². The highest BCUT2D eigenvalue weighted by atomic mass is 16.5. The zero-order valence-electron chi connectivity index (χ0n) is 15.6. The third kappa shape index (κ3) is 3.33. The number of hydrogen-bond acceptors (Lipinski definition) is 3. The van der Waals surface area contributed by atoms with Gasteiger partial charge in [0.15, 0.2) is 0 Å². The first kappa shape index (κ1) is 18.5. The van der Waals surface area contributed by atoms with Crippen LogP contribution in [-0.4, -0.2) is 35.5 Å². The Labute approximate surface area is 145 Å². The fraction of sp³-hybridized carbons (Fsp3) is 0.600. The number of hydrogen-bond donors (Lipinski definition) is 0. The van der Waals surface area contributed by atoms with Gasteiger partial charge in [-0.3, -0.25) is 4.79 Å². The van der Waals surface area contributed by atoms with E-state index in [4.69, 9.17) is 4.74 Å². The standard InChI is InChI=1S/C20H29NO3/c1-7-24-20(23)19-15(5)14(4)16(6)21(19)18(22)11-17-12(2)9-8-10-13(17)3/h8-10,14-16,19H,7,11H2,1-6H3. The zero-order chi connectivity index (χ0) is 18.0. The molecular formula is C20H29NO3. The maximum atomic E-state index is 13.1. The van der Waals surface area contributed by atoms with Gasteiger partial charge in [-0.2, -0.15) is 0 Å². The van der Waals surface area contributed by atoms with Crippen LogP contribution in [0.3, 0.4) is 0 Å². The van der Waals surface area contributed by atoms with Crippen molar-refractivity contribution in [3.05, 3.63) is 34.9 Å². The second-order valence-electron chi connectivity index (χ2n) is 7.00. The molecule has 4 unspecified atom stereocenters. The van der Waals surface area contributed by atoms with Gasteiger partial charge in [0.1, 0.15) is 6.04 Å². The van der Waals surface area contributed by atoms with Gasteiger partial charge in [-0.15, -0.1) is 0 Å². The van der Waals surface area contributed by atoms with Crippen LogP contribution >= 0.6 is 0 Å². The number of likely N-dealkylation sites (tertiary alicyclic amines) is 1. The lowest BCUT2D eigenvalue weighted by atomic mass is 9.91. The van der Waals surface area contributed by atoms with Crippen molar-refractivity contribution < 1.29 is 14.3 Å². The van der Waals surface area contributed by atoms with Crippen LogP contribution in [0.15, 0.2) is 18.2 Å². The molecule has 1 fully saturated rings. The second kappa shape index (κ2) is 7.37. The minimum Gasteiger partial charge on any atom is -0.464 e. The molecule has 1 aromatic rings. The summed E-state index contributed by atoms with van der Waals surface area (Å²) in [5.41, 5.74) is 3.29. The molecule has 0 aliphatic carbocycles. The molecule has 4 heteroatoms. The summed E-state index contributed by atoms with van der Waals surface area (Å²) in [6.45, 7) is 12.4. The van der Waals surface area contributed by atoms with E-state index in [9.17, 15) is 9.59 Å². The molecule has 1 aromatic carbocycles. The van der Waals surface area contributed by atoms with Crippen molar-refractivity contribution in [3.63, 3.8) is 0 Å². The summed E-state index contributed by atoms with van der Waals surface area (Å²) in [4.78, 5) is 27.3. The number of carbonyl (C=O) groups is 2. The van der Waals surface area contributed by atoms with Crippen molar-refractivity contribution in [2.24, 2.45) is 11.8 Å². The van der Waals surface area contributed by atoms with Crippen molar-refractivity contribution in [2.75, 3.05) is 6.61 Å². The van der Waals surface area contributed by atoms with Gasteiger partial charge in [-0.05, 0) is 56.2 Å². The van der Waals surface area contributed by atoms with E-state index in [1.165, 1.54) is 0 Å². The molecule has 0 aromatic heterocycles. The number of carbonyl (C=O) groups excluding carboxylic acids is 2. The molecule has 132 valence electrons. The van der Waals surface area contributed by atoms with E-state index >= 15 is 0 Å². The minimum atomic E-state index is -0.480. The third-order valence-corrected chi connectivity index (χ3v) is 5.62. The molecule has 4 atom stereocenters. The Morgan fingerprint density at radius 2 is 1.67 bits per heavy atom. The number of rotatable bonds is 4. The Hall–Kier alpha value is -1.84. The molecule has 4 nitrogen and oxygen atoms in total. The Balaban J connectivity index is 2.29. The lowest BCUT2D eigenvalue weighted by Gasteiger charge is -2.29. The van der Waals surface area contributed by atoms with Crippen molar-refractivity contribution in [1.29, 1.82) is 0 Å². The van der Waals surface area contributed by atoms with E-state index < -0.39 is 6.04 Å². The Morgan fingerprint density at radius 3 is 2.21 bits per heavy atom. The normalized spacial score (nSPS) is 26.5. The van der Waals surface area contributed by atoms with E-state index in [0.29, 0.717) is 13.0 Å². The third-order valence-electron chi connectivity index (χ3n) is 5.62. The van der Waals surface area contributed by atoms with Gasteiger partial charge in [0.05, 0.1) is 13.0 Å². The second-order valence-corrected chi connectivity index (χ2v) is 7.00. The van der Waals surface area contributed by atoms with E-state index in [1.54, 1.807) is 11.8 Å². The van der Waals surface area contributed by atoms with E-state index in [1.807, 2.05) is 45.9 Å². The minimum absolute atomic E-state index is 0.00848. The highest BCUT2D eigenvalue weighted by Gasteiger charge is 2.48. The first-order valence-electron chi connectivity index (χ1n) is 8.82. The molecule has 1 aliphatic heterocycles. The molecule has 1 amide bonds. The van der Waals surface area contributed by atoms with Crippen LogP contribution in [0.1, 0.15) is 44.4 Å². The van der Waals surface area contributed by atoms with E-state index in [0.717, 1.165) is 16.7 Å². The number of amides is 1. The van der Waals surface area contributed by atoms with Crippen molar-refractivity contribution >= 4 is 11.9 Å². The van der Waals surface area contributed by atoms with Crippen LogP contribution in [0.5, 0.6) is 0 Å². The smallest absolute Gasteiger partial charge is 0.329 e. The highest BCUT2D eigenvalue weighted by Crippen LogP contribution is 2.36. The van der Waals surface area contributed by atoms with Gasteiger partial charge in [-0.25, -0.2) is 4.79 Å². The topological polar surface area (TPSA) is 46.6 Å². The highest BCUT2D eigenvalue weighted by molar-refractivity contribution is 5.87. The predicted octanol–water partition coefficient (Wildman–Crippen LogP) is 3.28. The first-order chi connectivity index (χ1) is 11.3. The largest absolute Gasteiger partial charge is 0.464 e.